The molecule has 0 unspecified atom stereocenters. The molecule has 0 atom stereocenters. The Morgan fingerprint density at radius 2 is 2.11 bits per heavy atom. The summed E-state index contributed by atoms with van der Waals surface area (Å²) >= 11 is 2.76. The van der Waals surface area contributed by atoms with Gasteiger partial charge in [-0.3, -0.25) is 0 Å². The highest BCUT2D eigenvalue weighted by atomic mass is 32.2. The molecule has 0 saturated carbocycles. The van der Waals surface area contributed by atoms with Crippen LogP contribution in [0.15, 0.2) is 45.1 Å². The zero-order valence-electron chi connectivity index (χ0n) is 9.48. The third kappa shape index (κ3) is 2.29. The minimum atomic E-state index is -1.09. The second-order valence-electron chi connectivity index (χ2n) is 3.60. The van der Waals surface area contributed by atoms with Crippen LogP contribution in [0.2, 0.25) is 0 Å². The molecule has 2 aromatic heterocycles. The smallest absolute Gasteiger partial charge is 0.357 e. The summed E-state index contributed by atoms with van der Waals surface area (Å²) in [4.78, 5) is 16.0. The van der Waals surface area contributed by atoms with Crippen molar-refractivity contribution < 1.29 is 9.90 Å². The van der Waals surface area contributed by atoms with Gasteiger partial charge in [-0.25, -0.2) is 9.78 Å². The van der Waals surface area contributed by atoms with Gasteiger partial charge in [0, 0.05) is 17.0 Å². The van der Waals surface area contributed by atoms with E-state index < -0.39 is 5.97 Å². The standard InChI is InChI=1S/C12H7N3O2S2/c16-11(17)9-10(19-12-13-5-6-18-12)7-3-1-2-4-8(7)14-15-9/h1-6H,(H,16,17). The van der Waals surface area contributed by atoms with Crippen molar-refractivity contribution in [2.75, 3.05) is 0 Å². The first kappa shape index (κ1) is 12.1. The van der Waals surface area contributed by atoms with Crippen LogP contribution in [0, 0.1) is 0 Å². The molecule has 19 heavy (non-hydrogen) atoms. The average molecular weight is 289 g/mol. The third-order valence-electron chi connectivity index (χ3n) is 2.42. The Hall–Kier alpha value is -1.99. The van der Waals surface area contributed by atoms with Crippen LogP contribution >= 0.6 is 23.1 Å². The summed E-state index contributed by atoms with van der Waals surface area (Å²) < 4.78 is 0.778. The molecule has 5 nitrogen and oxygen atoms in total. The van der Waals surface area contributed by atoms with Gasteiger partial charge < -0.3 is 5.11 Å². The van der Waals surface area contributed by atoms with E-state index in [4.69, 9.17) is 0 Å². The Bertz CT molecular complexity index is 744. The molecule has 3 aromatic rings. The Labute approximate surface area is 116 Å². The van der Waals surface area contributed by atoms with E-state index in [-0.39, 0.29) is 5.69 Å². The largest absolute Gasteiger partial charge is 0.476 e. The fourth-order valence-electron chi connectivity index (χ4n) is 1.62. The molecular formula is C12H7N3O2S2. The fourth-order valence-corrected chi connectivity index (χ4v) is 3.39. The number of carbonyl (C=O) groups is 1. The van der Waals surface area contributed by atoms with Crippen LogP contribution in [0.4, 0.5) is 0 Å². The average Bonchev–Trinajstić information content (AvgIpc) is 2.92. The highest BCUT2D eigenvalue weighted by Crippen LogP contribution is 2.35. The molecule has 0 saturated heterocycles. The van der Waals surface area contributed by atoms with Gasteiger partial charge in [-0.2, -0.15) is 0 Å². The number of carboxylic acids is 1. The molecule has 0 aliphatic heterocycles. The van der Waals surface area contributed by atoms with Crippen LogP contribution in [0.25, 0.3) is 10.9 Å². The van der Waals surface area contributed by atoms with Crippen molar-refractivity contribution in [3.8, 4) is 0 Å². The van der Waals surface area contributed by atoms with Crippen molar-refractivity contribution in [2.24, 2.45) is 0 Å². The zero-order valence-corrected chi connectivity index (χ0v) is 11.1. The lowest BCUT2D eigenvalue weighted by atomic mass is 10.2. The molecule has 0 radical (unpaired) electrons. The second kappa shape index (κ2) is 4.94. The predicted molar refractivity (Wildman–Crippen MR) is 72.7 cm³/mol. The normalized spacial score (nSPS) is 10.7. The van der Waals surface area contributed by atoms with E-state index in [1.165, 1.54) is 23.1 Å². The SMILES string of the molecule is O=C(O)c1nnc2ccccc2c1Sc1nccs1. The molecule has 0 fully saturated rings. The summed E-state index contributed by atoms with van der Waals surface area (Å²) in [5.74, 6) is -1.09. The molecule has 0 bridgehead atoms. The van der Waals surface area contributed by atoms with E-state index in [0.717, 1.165) is 9.73 Å². The molecule has 0 aliphatic rings. The van der Waals surface area contributed by atoms with Crippen molar-refractivity contribution in [2.45, 2.75) is 9.24 Å². The molecule has 2 heterocycles. The van der Waals surface area contributed by atoms with Gasteiger partial charge in [0.25, 0.3) is 0 Å². The summed E-state index contributed by atoms with van der Waals surface area (Å²) in [6, 6.07) is 7.34. The number of thiazole rings is 1. The van der Waals surface area contributed by atoms with E-state index in [9.17, 15) is 9.90 Å². The van der Waals surface area contributed by atoms with E-state index in [0.29, 0.717) is 10.4 Å². The minimum absolute atomic E-state index is 0.0427. The molecule has 94 valence electrons. The van der Waals surface area contributed by atoms with Gasteiger partial charge in [-0.15, -0.1) is 21.5 Å². The third-order valence-corrected chi connectivity index (χ3v) is 4.42. The van der Waals surface area contributed by atoms with Gasteiger partial charge in [0.2, 0.25) is 0 Å². The summed E-state index contributed by atoms with van der Waals surface area (Å²) in [5, 5.41) is 19.6. The molecule has 0 amide bonds. The number of benzene rings is 1. The van der Waals surface area contributed by atoms with Gasteiger partial charge in [-0.1, -0.05) is 30.0 Å². The summed E-state index contributed by atoms with van der Waals surface area (Å²) in [5.41, 5.74) is 0.630. The molecule has 1 N–H and O–H groups in total. The van der Waals surface area contributed by atoms with Crippen molar-refractivity contribution in [1.82, 2.24) is 15.2 Å². The van der Waals surface area contributed by atoms with Crippen molar-refractivity contribution >= 4 is 40.0 Å². The molecule has 1 aromatic carbocycles. The number of nitrogens with zero attached hydrogens (tertiary/aromatic N) is 3. The zero-order chi connectivity index (χ0) is 13.2. The van der Waals surface area contributed by atoms with Crippen LogP contribution < -0.4 is 0 Å². The molecule has 0 aliphatic carbocycles. The molecule has 0 spiro atoms. The van der Waals surface area contributed by atoms with Crippen molar-refractivity contribution in [1.29, 1.82) is 0 Å². The van der Waals surface area contributed by atoms with E-state index in [2.05, 4.69) is 15.2 Å². The number of fused-ring (bicyclic) bond motifs is 1. The Balaban J connectivity index is 2.22. The Morgan fingerprint density at radius 3 is 2.84 bits per heavy atom. The van der Waals surface area contributed by atoms with Crippen LogP contribution in [0.5, 0.6) is 0 Å². The minimum Gasteiger partial charge on any atom is -0.476 e. The van der Waals surface area contributed by atoms with Crippen LogP contribution in [-0.4, -0.2) is 26.3 Å². The highest BCUT2D eigenvalue weighted by Gasteiger charge is 2.18. The molecule has 3 rings (SSSR count). The number of aromatic carboxylic acids is 1. The first-order valence-electron chi connectivity index (χ1n) is 5.32. The van der Waals surface area contributed by atoms with Gasteiger partial charge in [0.15, 0.2) is 10.0 Å². The highest BCUT2D eigenvalue weighted by molar-refractivity contribution is 8.01. The van der Waals surface area contributed by atoms with E-state index >= 15 is 0 Å². The number of hydrogen-bond donors (Lipinski definition) is 1. The molecule has 7 heteroatoms. The predicted octanol–water partition coefficient (Wildman–Crippen LogP) is 2.94. The van der Waals surface area contributed by atoms with E-state index in [1.807, 2.05) is 23.6 Å². The number of carboxylic acid groups (broad SMARTS) is 1. The van der Waals surface area contributed by atoms with Crippen molar-refractivity contribution in [3.05, 3.63) is 41.5 Å². The van der Waals surface area contributed by atoms with Gasteiger partial charge in [-0.05, 0) is 6.07 Å². The maximum atomic E-state index is 11.3. The maximum absolute atomic E-state index is 11.3. The van der Waals surface area contributed by atoms with Crippen LogP contribution in [-0.2, 0) is 0 Å². The number of hydrogen-bond acceptors (Lipinski definition) is 6. The fraction of sp³-hybridized carbons (Fsp3) is 0. The lowest BCUT2D eigenvalue weighted by Gasteiger charge is -2.06. The lowest BCUT2D eigenvalue weighted by Crippen LogP contribution is -2.05. The number of rotatable bonds is 3. The first-order chi connectivity index (χ1) is 9.25. The topological polar surface area (TPSA) is 76.0 Å². The Kier molecular flexibility index (Phi) is 3.14. The monoisotopic (exact) mass is 289 g/mol. The van der Waals surface area contributed by atoms with Crippen molar-refractivity contribution in [3.63, 3.8) is 0 Å². The first-order valence-corrected chi connectivity index (χ1v) is 7.01. The Morgan fingerprint density at radius 1 is 1.26 bits per heavy atom. The quantitative estimate of drug-likeness (QED) is 0.799. The van der Waals surface area contributed by atoms with Gasteiger partial charge in [0.05, 0.1) is 10.4 Å². The molecular weight excluding hydrogens is 282 g/mol. The number of aromatic nitrogens is 3. The van der Waals surface area contributed by atoms with E-state index in [1.54, 1.807) is 12.3 Å². The van der Waals surface area contributed by atoms with Gasteiger partial charge >= 0.3 is 5.97 Å². The lowest BCUT2D eigenvalue weighted by molar-refractivity contribution is 0.0685. The van der Waals surface area contributed by atoms with Gasteiger partial charge in [0.1, 0.15) is 0 Å². The second-order valence-corrected chi connectivity index (χ2v) is 5.75. The van der Waals surface area contributed by atoms with Crippen LogP contribution in [0.1, 0.15) is 10.5 Å². The summed E-state index contributed by atoms with van der Waals surface area (Å²) in [7, 11) is 0. The maximum Gasteiger partial charge on any atom is 0.357 e. The summed E-state index contributed by atoms with van der Waals surface area (Å²) in [6.45, 7) is 0. The van der Waals surface area contributed by atoms with Crippen LogP contribution in [0.3, 0.4) is 0 Å². The summed E-state index contributed by atoms with van der Waals surface area (Å²) in [6.07, 6.45) is 1.68.